The molecule has 1 aromatic carbocycles. The molecule has 0 unspecified atom stereocenters. The molecular weight excluding hydrogens is 390 g/mol. The lowest BCUT2D eigenvalue weighted by molar-refractivity contribution is -0.116. The van der Waals surface area contributed by atoms with Gasteiger partial charge in [-0.25, -0.2) is 13.8 Å². The Morgan fingerprint density at radius 3 is 2.83 bits per heavy atom. The minimum atomic E-state index is -2.87. The van der Waals surface area contributed by atoms with Crippen LogP contribution in [0.4, 0.5) is 14.6 Å². The molecule has 6 nitrogen and oxygen atoms in total. The number of halogens is 2. The summed E-state index contributed by atoms with van der Waals surface area (Å²) in [7, 11) is 0. The Labute approximate surface area is 173 Å². The maximum atomic E-state index is 13.0. The van der Waals surface area contributed by atoms with Crippen molar-refractivity contribution in [1.29, 1.82) is 0 Å². The highest BCUT2D eigenvalue weighted by molar-refractivity contribution is 5.99. The zero-order chi connectivity index (χ0) is 21.3. The second kappa shape index (κ2) is 8.01. The minimum Gasteiger partial charge on any atom is -0.487 e. The predicted octanol–water partition coefficient (Wildman–Crippen LogP) is 4.56. The van der Waals surface area contributed by atoms with Crippen LogP contribution < -0.4 is 10.1 Å². The maximum absolute atomic E-state index is 13.0. The summed E-state index contributed by atoms with van der Waals surface area (Å²) in [6, 6.07) is 7.23. The zero-order valence-electron chi connectivity index (χ0n) is 17.0. The summed E-state index contributed by atoms with van der Waals surface area (Å²) >= 11 is 0. The molecule has 1 amide bonds. The molecule has 2 heterocycles. The third kappa shape index (κ3) is 5.11. The molecule has 158 valence electrons. The van der Waals surface area contributed by atoms with E-state index in [-0.39, 0.29) is 5.91 Å². The predicted molar refractivity (Wildman–Crippen MR) is 110 cm³/mol. The molecule has 0 radical (unpaired) electrons. The normalized spacial score (nSPS) is 14.1. The molecule has 8 heteroatoms. The van der Waals surface area contributed by atoms with Crippen molar-refractivity contribution in [3.8, 4) is 5.75 Å². The molecule has 0 saturated heterocycles. The summed E-state index contributed by atoms with van der Waals surface area (Å²) in [5.74, 6) is -1.43. The monoisotopic (exact) mass is 414 g/mol. The summed E-state index contributed by atoms with van der Waals surface area (Å²) in [4.78, 5) is 16.4. The Balaban J connectivity index is 1.48. The van der Waals surface area contributed by atoms with Crippen LogP contribution in [-0.2, 0) is 11.3 Å². The highest BCUT2D eigenvalue weighted by Crippen LogP contribution is 2.33. The van der Waals surface area contributed by atoms with Crippen LogP contribution in [0.2, 0.25) is 0 Å². The number of alkyl halides is 2. The number of anilines is 1. The van der Waals surface area contributed by atoms with Crippen LogP contribution >= 0.6 is 0 Å². The fraction of sp³-hybridized carbons (Fsp3) is 0.409. The topological polar surface area (TPSA) is 69.0 Å². The van der Waals surface area contributed by atoms with Crippen molar-refractivity contribution in [3.05, 3.63) is 47.8 Å². The molecule has 2 aromatic heterocycles. The van der Waals surface area contributed by atoms with Gasteiger partial charge in [-0.05, 0) is 48.9 Å². The van der Waals surface area contributed by atoms with Gasteiger partial charge in [-0.3, -0.25) is 9.48 Å². The average molecular weight is 414 g/mol. The molecule has 0 aliphatic heterocycles. The smallest absolute Gasteiger partial charge is 0.278 e. The van der Waals surface area contributed by atoms with Crippen LogP contribution in [0.3, 0.4) is 0 Å². The number of hydrogen-bond acceptors (Lipinski definition) is 4. The van der Waals surface area contributed by atoms with Crippen LogP contribution in [0.15, 0.2) is 36.7 Å². The highest BCUT2D eigenvalue weighted by Gasteiger charge is 2.25. The average Bonchev–Trinajstić information content (AvgIpc) is 3.36. The van der Waals surface area contributed by atoms with Gasteiger partial charge >= 0.3 is 0 Å². The van der Waals surface area contributed by atoms with E-state index in [2.05, 4.69) is 15.4 Å². The van der Waals surface area contributed by atoms with Crippen molar-refractivity contribution in [3.63, 3.8) is 0 Å². The van der Waals surface area contributed by atoms with E-state index in [0.717, 1.165) is 41.8 Å². The Bertz CT molecular complexity index is 1070. The fourth-order valence-electron chi connectivity index (χ4n) is 3.30. The lowest BCUT2D eigenvalue weighted by atomic mass is 10.1. The zero-order valence-corrected chi connectivity index (χ0v) is 17.0. The summed E-state index contributed by atoms with van der Waals surface area (Å²) in [5, 5.41) is 8.24. The number of benzene rings is 1. The summed E-state index contributed by atoms with van der Waals surface area (Å²) in [6.45, 7) is 2.50. The third-order valence-electron chi connectivity index (χ3n) is 4.98. The molecule has 0 spiro atoms. The van der Waals surface area contributed by atoms with Gasteiger partial charge in [0.15, 0.2) is 6.61 Å². The number of carbonyl (C=O) groups excluding carboxylic acids is 1. The van der Waals surface area contributed by atoms with E-state index in [1.807, 2.05) is 25.3 Å². The largest absolute Gasteiger partial charge is 0.487 e. The van der Waals surface area contributed by atoms with E-state index in [1.165, 1.54) is 0 Å². The number of fused-ring (bicyclic) bond motifs is 1. The number of ether oxygens (including phenoxy) is 1. The number of nitrogens with zero attached hydrogens (tertiary/aromatic N) is 3. The molecular formula is C22H24F2N4O2. The van der Waals surface area contributed by atoms with Gasteiger partial charge in [-0.15, -0.1) is 0 Å². The van der Waals surface area contributed by atoms with E-state index in [4.69, 9.17) is 4.74 Å². The Hall–Kier alpha value is -3.03. The lowest BCUT2D eigenvalue weighted by Crippen LogP contribution is -2.21. The van der Waals surface area contributed by atoms with Gasteiger partial charge in [0.2, 0.25) is 5.91 Å². The van der Waals surface area contributed by atoms with Gasteiger partial charge in [0.05, 0.1) is 17.4 Å². The molecule has 3 aromatic rings. The number of carbonyl (C=O) groups is 1. The molecule has 4 rings (SSSR count). The SMILES string of the molecule is Cc1cc(Cn2cc3c(NC(=O)CC4CC4)nccc3n2)ccc1OCC(C)(F)F. The van der Waals surface area contributed by atoms with Gasteiger partial charge in [-0.1, -0.05) is 12.1 Å². The molecule has 1 N–H and O–H groups in total. The standard InChI is InChI=1S/C22H24F2N4O2/c1-14-9-16(5-6-19(14)30-13-22(2,23)24)11-28-12-17-18(27-28)7-8-25-21(17)26-20(29)10-15-3-4-15/h5-9,12,15H,3-4,10-11,13H2,1-2H3,(H,25,26,29). The Morgan fingerprint density at radius 2 is 2.13 bits per heavy atom. The Kier molecular flexibility index (Phi) is 5.40. The summed E-state index contributed by atoms with van der Waals surface area (Å²) < 4.78 is 33.0. The first-order valence-corrected chi connectivity index (χ1v) is 9.99. The molecule has 0 bridgehead atoms. The van der Waals surface area contributed by atoms with E-state index in [0.29, 0.717) is 30.5 Å². The van der Waals surface area contributed by atoms with Crippen molar-refractivity contribution in [1.82, 2.24) is 14.8 Å². The first kappa shape index (κ1) is 20.3. The van der Waals surface area contributed by atoms with Gasteiger partial charge in [0.1, 0.15) is 11.6 Å². The lowest BCUT2D eigenvalue weighted by Gasteiger charge is -2.14. The van der Waals surface area contributed by atoms with Crippen molar-refractivity contribution < 1.29 is 18.3 Å². The molecule has 1 aliphatic rings. The highest BCUT2D eigenvalue weighted by atomic mass is 19.3. The molecule has 0 atom stereocenters. The van der Waals surface area contributed by atoms with Crippen molar-refractivity contribution in [2.24, 2.45) is 5.92 Å². The number of pyridine rings is 1. The van der Waals surface area contributed by atoms with E-state index >= 15 is 0 Å². The summed E-state index contributed by atoms with van der Waals surface area (Å²) in [5.41, 5.74) is 2.49. The summed E-state index contributed by atoms with van der Waals surface area (Å²) in [6.07, 6.45) is 6.25. The van der Waals surface area contributed by atoms with Crippen molar-refractivity contribution in [2.45, 2.75) is 45.6 Å². The fourth-order valence-corrected chi connectivity index (χ4v) is 3.30. The molecule has 1 aliphatic carbocycles. The first-order chi connectivity index (χ1) is 14.3. The van der Waals surface area contributed by atoms with Crippen LogP contribution in [0.1, 0.15) is 37.3 Å². The van der Waals surface area contributed by atoms with Gasteiger partial charge < -0.3 is 10.1 Å². The number of nitrogens with one attached hydrogen (secondary N) is 1. The van der Waals surface area contributed by atoms with Crippen LogP contribution in [0.5, 0.6) is 5.75 Å². The van der Waals surface area contributed by atoms with E-state index in [1.54, 1.807) is 23.0 Å². The van der Waals surface area contributed by atoms with Gasteiger partial charge in [0.25, 0.3) is 5.92 Å². The number of aryl methyl sites for hydroxylation is 1. The number of amides is 1. The van der Waals surface area contributed by atoms with Crippen LogP contribution in [0, 0.1) is 12.8 Å². The van der Waals surface area contributed by atoms with Crippen LogP contribution in [-0.4, -0.2) is 33.2 Å². The van der Waals surface area contributed by atoms with Gasteiger partial charge in [0, 0.05) is 25.7 Å². The second-order valence-electron chi connectivity index (χ2n) is 8.07. The number of aromatic nitrogens is 3. The van der Waals surface area contributed by atoms with Crippen LogP contribution in [0.25, 0.3) is 10.9 Å². The van der Waals surface area contributed by atoms with Crippen molar-refractivity contribution >= 4 is 22.6 Å². The quantitative estimate of drug-likeness (QED) is 0.587. The Morgan fingerprint density at radius 1 is 1.33 bits per heavy atom. The first-order valence-electron chi connectivity index (χ1n) is 9.99. The van der Waals surface area contributed by atoms with Gasteiger partial charge in [-0.2, -0.15) is 5.10 Å². The number of rotatable bonds is 8. The molecule has 1 fully saturated rings. The van der Waals surface area contributed by atoms with E-state index < -0.39 is 12.5 Å². The van der Waals surface area contributed by atoms with Crippen molar-refractivity contribution in [2.75, 3.05) is 11.9 Å². The molecule has 1 saturated carbocycles. The third-order valence-corrected chi connectivity index (χ3v) is 4.98. The van der Waals surface area contributed by atoms with E-state index in [9.17, 15) is 13.6 Å². The second-order valence-corrected chi connectivity index (χ2v) is 8.07. The number of hydrogen-bond donors (Lipinski definition) is 1. The maximum Gasteiger partial charge on any atom is 0.278 e. The molecule has 30 heavy (non-hydrogen) atoms. The minimum absolute atomic E-state index is 0.0193.